The van der Waals surface area contributed by atoms with Gasteiger partial charge in [0.1, 0.15) is 4.88 Å². The molecule has 1 N–H and O–H groups in total. The van der Waals surface area contributed by atoms with Crippen molar-refractivity contribution in [1.82, 2.24) is 20.4 Å². The van der Waals surface area contributed by atoms with Crippen LogP contribution in [-0.4, -0.2) is 21.2 Å². The summed E-state index contributed by atoms with van der Waals surface area (Å²) in [4.78, 5) is 9.72. The molecule has 17 heavy (non-hydrogen) atoms. The third-order valence-corrected chi connectivity index (χ3v) is 3.75. The van der Waals surface area contributed by atoms with Crippen LogP contribution in [0.1, 0.15) is 29.4 Å². The molecule has 0 amide bonds. The fraction of sp³-hybridized carbons (Fsp3) is 0.545. The highest BCUT2D eigenvalue weighted by atomic mass is 32.1. The lowest BCUT2D eigenvalue weighted by Gasteiger charge is -1.94. The van der Waals surface area contributed by atoms with E-state index < -0.39 is 0 Å². The van der Waals surface area contributed by atoms with Crippen LogP contribution in [0.2, 0.25) is 0 Å². The Balaban J connectivity index is 1.76. The van der Waals surface area contributed by atoms with Gasteiger partial charge in [0.25, 0.3) is 5.89 Å². The summed E-state index contributed by atoms with van der Waals surface area (Å²) in [6, 6.07) is 0.657. The molecule has 3 rings (SSSR count). The van der Waals surface area contributed by atoms with E-state index in [1.54, 1.807) is 11.3 Å². The molecule has 90 valence electrons. The van der Waals surface area contributed by atoms with E-state index in [9.17, 15) is 0 Å². The van der Waals surface area contributed by atoms with Crippen LogP contribution in [0, 0.1) is 13.8 Å². The van der Waals surface area contributed by atoms with E-state index in [0.29, 0.717) is 18.5 Å². The molecule has 1 saturated carbocycles. The minimum atomic E-state index is 0.584. The van der Waals surface area contributed by atoms with Crippen molar-refractivity contribution in [3.05, 3.63) is 16.5 Å². The first-order valence-corrected chi connectivity index (χ1v) is 6.54. The van der Waals surface area contributed by atoms with Crippen LogP contribution in [0.4, 0.5) is 0 Å². The maximum absolute atomic E-state index is 5.27. The van der Waals surface area contributed by atoms with Gasteiger partial charge in [-0.25, -0.2) is 4.98 Å². The van der Waals surface area contributed by atoms with Crippen LogP contribution in [0.15, 0.2) is 4.52 Å². The second kappa shape index (κ2) is 4.19. The Morgan fingerprint density at radius 2 is 2.18 bits per heavy atom. The molecule has 0 unspecified atom stereocenters. The zero-order valence-corrected chi connectivity index (χ0v) is 10.7. The Kier molecular flexibility index (Phi) is 2.68. The molecule has 2 aromatic rings. The number of rotatable bonds is 4. The highest BCUT2D eigenvalue weighted by molar-refractivity contribution is 7.15. The van der Waals surface area contributed by atoms with Crippen LogP contribution < -0.4 is 5.32 Å². The van der Waals surface area contributed by atoms with Gasteiger partial charge in [-0.2, -0.15) is 4.98 Å². The summed E-state index contributed by atoms with van der Waals surface area (Å²) in [6.45, 7) is 4.63. The van der Waals surface area contributed by atoms with E-state index in [4.69, 9.17) is 4.52 Å². The molecule has 5 nitrogen and oxygen atoms in total. The first kappa shape index (κ1) is 10.9. The minimum absolute atomic E-state index is 0.584. The molecule has 0 bridgehead atoms. The summed E-state index contributed by atoms with van der Waals surface area (Å²) in [6.07, 6.45) is 2.52. The van der Waals surface area contributed by atoms with E-state index in [0.717, 1.165) is 21.4 Å². The van der Waals surface area contributed by atoms with Gasteiger partial charge in [0, 0.05) is 6.04 Å². The Morgan fingerprint density at radius 1 is 1.35 bits per heavy atom. The van der Waals surface area contributed by atoms with E-state index >= 15 is 0 Å². The second-order valence-corrected chi connectivity index (χ2v) is 5.52. The standard InChI is InChI=1S/C11H14N4OS/c1-6-10(17-7(2)13-6)11-14-9(15-16-11)5-12-8-3-4-8/h8,12H,3-5H2,1-2H3. The number of hydrogen-bond acceptors (Lipinski definition) is 6. The fourth-order valence-electron chi connectivity index (χ4n) is 1.67. The van der Waals surface area contributed by atoms with Crippen LogP contribution in [0.3, 0.4) is 0 Å². The first-order chi connectivity index (χ1) is 8.22. The fourth-order valence-corrected chi connectivity index (χ4v) is 2.51. The molecule has 0 saturated heterocycles. The lowest BCUT2D eigenvalue weighted by molar-refractivity contribution is 0.419. The van der Waals surface area contributed by atoms with E-state index in [1.165, 1.54) is 12.8 Å². The predicted octanol–water partition coefficient (Wildman–Crippen LogP) is 2.06. The third-order valence-electron chi connectivity index (χ3n) is 2.69. The van der Waals surface area contributed by atoms with Crippen molar-refractivity contribution < 1.29 is 4.52 Å². The van der Waals surface area contributed by atoms with Crippen molar-refractivity contribution in [2.45, 2.75) is 39.3 Å². The topological polar surface area (TPSA) is 63.8 Å². The van der Waals surface area contributed by atoms with Crippen LogP contribution >= 0.6 is 11.3 Å². The maximum atomic E-state index is 5.27. The zero-order valence-electron chi connectivity index (χ0n) is 9.86. The summed E-state index contributed by atoms with van der Waals surface area (Å²) in [5, 5.41) is 8.35. The number of nitrogens with one attached hydrogen (secondary N) is 1. The maximum Gasteiger partial charge on any atom is 0.269 e. The van der Waals surface area contributed by atoms with Crippen molar-refractivity contribution in [2.24, 2.45) is 0 Å². The quantitative estimate of drug-likeness (QED) is 0.899. The Hall–Kier alpha value is -1.27. The van der Waals surface area contributed by atoms with Gasteiger partial charge in [-0.15, -0.1) is 11.3 Å². The highest BCUT2D eigenvalue weighted by Gasteiger charge is 2.21. The van der Waals surface area contributed by atoms with Gasteiger partial charge in [0.2, 0.25) is 0 Å². The van der Waals surface area contributed by atoms with Gasteiger partial charge in [0.15, 0.2) is 5.82 Å². The van der Waals surface area contributed by atoms with Crippen LogP contribution in [-0.2, 0) is 6.54 Å². The smallest absolute Gasteiger partial charge is 0.269 e. The summed E-state index contributed by atoms with van der Waals surface area (Å²) < 4.78 is 5.27. The van der Waals surface area contributed by atoms with Crippen molar-refractivity contribution in [1.29, 1.82) is 0 Å². The molecule has 0 radical (unpaired) electrons. The molecule has 0 spiro atoms. The van der Waals surface area contributed by atoms with Gasteiger partial charge >= 0.3 is 0 Å². The number of aryl methyl sites for hydroxylation is 2. The second-order valence-electron chi connectivity index (χ2n) is 4.32. The number of aromatic nitrogens is 3. The summed E-state index contributed by atoms with van der Waals surface area (Å²) >= 11 is 1.59. The molecule has 0 aromatic carbocycles. The monoisotopic (exact) mass is 250 g/mol. The number of thiazole rings is 1. The summed E-state index contributed by atoms with van der Waals surface area (Å²) in [5.74, 6) is 1.30. The van der Waals surface area contributed by atoms with Crippen LogP contribution in [0.25, 0.3) is 10.8 Å². The van der Waals surface area contributed by atoms with Gasteiger partial charge in [0.05, 0.1) is 17.2 Å². The molecular formula is C11H14N4OS. The van der Waals surface area contributed by atoms with Gasteiger partial charge < -0.3 is 9.84 Å². The largest absolute Gasteiger partial charge is 0.333 e. The first-order valence-electron chi connectivity index (χ1n) is 5.73. The van der Waals surface area contributed by atoms with Crippen LogP contribution in [0.5, 0.6) is 0 Å². The average molecular weight is 250 g/mol. The summed E-state index contributed by atoms with van der Waals surface area (Å²) in [7, 11) is 0. The Bertz CT molecular complexity index is 529. The van der Waals surface area contributed by atoms with Crippen molar-refractivity contribution >= 4 is 11.3 Å². The van der Waals surface area contributed by atoms with Gasteiger partial charge in [-0.3, -0.25) is 0 Å². The Labute approximate surface area is 103 Å². The van der Waals surface area contributed by atoms with E-state index in [-0.39, 0.29) is 0 Å². The predicted molar refractivity (Wildman–Crippen MR) is 64.7 cm³/mol. The van der Waals surface area contributed by atoms with Crippen molar-refractivity contribution in [2.75, 3.05) is 0 Å². The van der Waals surface area contributed by atoms with Gasteiger partial charge in [-0.1, -0.05) is 5.16 Å². The highest BCUT2D eigenvalue weighted by Crippen LogP contribution is 2.28. The third kappa shape index (κ3) is 2.37. The summed E-state index contributed by atoms with van der Waals surface area (Å²) in [5.41, 5.74) is 0.956. The molecule has 6 heteroatoms. The number of nitrogens with zero attached hydrogens (tertiary/aromatic N) is 3. The molecule has 2 heterocycles. The molecular weight excluding hydrogens is 236 g/mol. The Morgan fingerprint density at radius 3 is 2.82 bits per heavy atom. The normalized spacial score (nSPS) is 15.4. The molecule has 2 aromatic heterocycles. The zero-order chi connectivity index (χ0) is 11.8. The SMILES string of the molecule is Cc1nc(C)c(-c2nc(CNC3CC3)no2)s1. The molecule has 1 fully saturated rings. The number of hydrogen-bond donors (Lipinski definition) is 1. The van der Waals surface area contributed by atoms with Crippen molar-refractivity contribution in [3.63, 3.8) is 0 Å². The lowest BCUT2D eigenvalue weighted by Crippen LogP contribution is -2.16. The molecule has 0 atom stereocenters. The van der Waals surface area contributed by atoms with E-state index in [2.05, 4.69) is 20.4 Å². The minimum Gasteiger partial charge on any atom is -0.333 e. The average Bonchev–Trinajstić information content (AvgIpc) is 2.90. The van der Waals surface area contributed by atoms with Gasteiger partial charge in [-0.05, 0) is 26.7 Å². The lowest BCUT2D eigenvalue weighted by atomic mass is 10.4. The molecule has 0 aliphatic heterocycles. The van der Waals surface area contributed by atoms with E-state index in [1.807, 2.05) is 13.8 Å². The molecule has 1 aliphatic carbocycles. The van der Waals surface area contributed by atoms with Crippen molar-refractivity contribution in [3.8, 4) is 10.8 Å². The molecule has 1 aliphatic rings.